The predicted molar refractivity (Wildman–Crippen MR) is 65.1 cm³/mol. The van der Waals surface area contributed by atoms with Crippen LogP contribution >= 0.6 is 12.2 Å². The van der Waals surface area contributed by atoms with E-state index in [1.165, 1.54) is 11.4 Å². The van der Waals surface area contributed by atoms with Crippen molar-refractivity contribution in [3.05, 3.63) is 24.3 Å². The number of fused-ring (bicyclic) bond motifs is 1. The van der Waals surface area contributed by atoms with Crippen molar-refractivity contribution in [2.45, 2.75) is 19.4 Å². The molecule has 0 spiro atoms. The topological polar surface area (TPSA) is 15.3 Å². The predicted octanol–water partition coefficient (Wildman–Crippen LogP) is 2.65. The lowest BCUT2D eigenvalue weighted by atomic mass is 10.2. The molecular formula is C11H14N2S. The Bertz CT molecular complexity index is 362. The maximum atomic E-state index is 5.35. The van der Waals surface area contributed by atoms with Gasteiger partial charge in [0.15, 0.2) is 0 Å². The summed E-state index contributed by atoms with van der Waals surface area (Å²) in [5, 5.41) is 3.45. The number of hydrogen-bond acceptors (Lipinski definition) is 2. The van der Waals surface area contributed by atoms with Gasteiger partial charge in [0.2, 0.25) is 0 Å². The van der Waals surface area contributed by atoms with E-state index in [4.69, 9.17) is 12.2 Å². The van der Waals surface area contributed by atoms with E-state index < -0.39 is 0 Å². The molecule has 2 nitrogen and oxygen atoms in total. The second kappa shape index (κ2) is 3.58. The van der Waals surface area contributed by atoms with Crippen LogP contribution in [0.4, 0.5) is 11.4 Å². The monoisotopic (exact) mass is 206 g/mol. The van der Waals surface area contributed by atoms with Crippen molar-refractivity contribution in [1.29, 1.82) is 0 Å². The summed E-state index contributed by atoms with van der Waals surface area (Å²) in [5.41, 5.74) is 2.34. The van der Waals surface area contributed by atoms with Crippen LogP contribution in [0, 0.1) is 0 Å². The van der Waals surface area contributed by atoms with Gasteiger partial charge in [-0.1, -0.05) is 24.4 Å². The lowest BCUT2D eigenvalue weighted by Crippen LogP contribution is -2.25. The Kier molecular flexibility index (Phi) is 2.42. The lowest BCUT2D eigenvalue weighted by Gasteiger charge is -2.18. The molecule has 0 unspecified atom stereocenters. The minimum atomic E-state index is 0.411. The van der Waals surface area contributed by atoms with Gasteiger partial charge in [0.25, 0.3) is 0 Å². The molecule has 1 aromatic carbocycles. The van der Waals surface area contributed by atoms with E-state index in [0.717, 1.165) is 11.4 Å². The zero-order valence-corrected chi connectivity index (χ0v) is 9.27. The second-order valence-corrected chi connectivity index (χ2v) is 4.19. The van der Waals surface area contributed by atoms with Gasteiger partial charge in [-0.2, -0.15) is 0 Å². The fraction of sp³-hybridized carbons (Fsp3) is 0.364. The molecule has 0 bridgehead atoms. The molecule has 1 aliphatic heterocycles. The van der Waals surface area contributed by atoms with Crippen molar-refractivity contribution in [1.82, 2.24) is 0 Å². The highest BCUT2D eigenvalue weighted by atomic mass is 32.1. The van der Waals surface area contributed by atoms with Crippen molar-refractivity contribution >= 4 is 28.6 Å². The Morgan fingerprint density at radius 2 is 2.14 bits per heavy atom. The fourth-order valence-corrected chi connectivity index (χ4v) is 2.09. The van der Waals surface area contributed by atoms with Crippen molar-refractivity contribution < 1.29 is 0 Å². The highest BCUT2D eigenvalue weighted by Gasteiger charge is 2.18. The smallest absolute Gasteiger partial charge is 0.0842 e. The molecule has 1 aliphatic rings. The van der Waals surface area contributed by atoms with Crippen LogP contribution in [0.1, 0.15) is 13.3 Å². The Labute approximate surface area is 89.9 Å². The molecule has 1 aromatic rings. The van der Waals surface area contributed by atoms with Crippen LogP contribution in [-0.2, 0) is 0 Å². The lowest BCUT2D eigenvalue weighted by molar-refractivity contribution is 0.845. The summed E-state index contributed by atoms with van der Waals surface area (Å²) in [6, 6.07) is 8.67. The number of anilines is 2. The summed E-state index contributed by atoms with van der Waals surface area (Å²) in [7, 11) is 2.03. The molecule has 3 heteroatoms. The van der Waals surface area contributed by atoms with E-state index in [1.54, 1.807) is 0 Å². The SMILES string of the molecule is C[C@H]1CC(=S)N(C)c2ccccc2N1. The molecule has 74 valence electrons. The first kappa shape index (κ1) is 9.46. The molecule has 0 radical (unpaired) electrons. The van der Waals surface area contributed by atoms with Crippen LogP contribution in [0.25, 0.3) is 0 Å². The van der Waals surface area contributed by atoms with Gasteiger partial charge in [-0.05, 0) is 19.1 Å². The zero-order valence-electron chi connectivity index (χ0n) is 8.45. The van der Waals surface area contributed by atoms with Gasteiger partial charge in [-0.25, -0.2) is 0 Å². The molecule has 0 aromatic heterocycles. The van der Waals surface area contributed by atoms with Gasteiger partial charge in [0.05, 0.1) is 16.4 Å². The first-order chi connectivity index (χ1) is 6.68. The first-order valence-electron chi connectivity index (χ1n) is 4.80. The maximum Gasteiger partial charge on any atom is 0.0842 e. The molecule has 0 aliphatic carbocycles. The van der Waals surface area contributed by atoms with Crippen LogP contribution in [0.15, 0.2) is 24.3 Å². The van der Waals surface area contributed by atoms with E-state index in [0.29, 0.717) is 6.04 Å². The van der Waals surface area contributed by atoms with Gasteiger partial charge in [-0.15, -0.1) is 0 Å². The number of para-hydroxylation sites is 2. The summed E-state index contributed by atoms with van der Waals surface area (Å²) in [5.74, 6) is 0. The van der Waals surface area contributed by atoms with Crippen LogP contribution in [0.2, 0.25) is 0 Å². The summed E-state index contributed by atoms with van der Waals surface area (Å²) >= 11 is 5.35. The normalized spacial score (nSPS) is 21.1. The third kappa shape index (κ3) is 1.60. The fourth-order valence-electron chi connectivity index (χ4n) is 1.74. The quantitative estimate of drug-likeness (QED) is 0.657. The second-order valence-electron chi connectivity index (χ2n) is 3.72. The molecule has 2 rings (SSSR count). The Morgan fingerprint density at radius 3 is 2.93 bits per heavy atom. The molecule has 0 saturated carbocycles. The minimum absolute atomic E-state index is 0.411. The van der Waals surface area contributed by atoms with Gasteiger partial charge < -0.3 is 10.2 Å². The molecule has 1 N–H and O–H groups in total. The van der Waals surface area contributed by atoms with Crippen molar-refractivity contribution in [3.63, 3.8) is 0 Å². The summed E-state index contributed by atoms with van der Waals surface area (Å²) in [6.45, 7) is 2.16. The molecule has 0 saturated heterocycles. The molecule has 0 fully saturated rings. The molecule has 1 atom stereocenters. The van der Waals surface area contributed by atoms with Crippen molar-refractivity contribution in [2.75, 3.05) is 17.3 Å². The molecular weight excluding hydrogens is 192 g/mol. The third-order valence-electron chi connectivity index (χ3n) is 2.52. The molecule has 0 amide bonds. The van der Waals surface area contributed by atoms with E-state index in [1.807, 2.05) is 19.2 Å². The van der Waals surface area contributed by atoms with Crippen LogP contribution < -0.4 is 10.2 Å². The number of hydrogen-bond donors (Lipinski definition) is 1. The maximum absolute atomic E-state index is 5.35. The van der Waals surface area contributed by atoms with Gasteiger partial charge in [0.1, 0.15) is 0 Å². The first-order valence-corrected chi connectivity index (χ1v) is 5.21. The Hall–Kier alpha value is -1.09. The summed E-state index contributed by atoms with van der Waals surface area (Å²) < 4.78 is 0. The number of rotatable bonds is 0. The largest absolute Gasteiger partial charge is 0.380 e. The van der Waals surface area contributed by atoms with Crippen molar-refractivity contribution in [2.24, 2.45) is 0 Å². The summed E-state index contributed by atoms with van der Waals surface area (Å²) in [4.78, 5) is 3.08. The minimum Gasteiger partial charge on any atom is -0.380 e. The van der Waals surface area contributed by atoms with Crippen LogP contribution in [0.3, 0.4) is 0 Å². The highest BCUT2D eigenvalue weighted by Crippen LogP contribution is 2.29. The zero-order chi connectivity index (χ0) is 10.1. The van der Waals surface area contributed by atoms with Gasteiger partial charge in [0, 0.05) is 19.5 Å². The highest BCUT2D eigenvalue weighted by molar-refractivity contribution is 7.80. The number of thiocarbonyl (C=S) groups is 1. The molecule has 14 heavy (non-hydrogen) atoms. The van der Waals surface area contributed by atoms with E-state index in [9.17, 15) is 0 Å². The van der Waals surface area contributed by atoms with Crippen molar-refractivity contribution in [3.8, 4) is 0 Å². The van der Waals surface area contributed by atoms with E-state index in [2.05, 4.69) is 29.3 Å². The van der Waals surface area contributed by atoms with Crippen LogP contribution in [0.5, 0.6) is 0 Å². The Morgan fingerprint density at radius 1 is 1.43 bits per heavy atom. The third-order valence-corrected chi connectivity index (χ3v) is 2.96. The van der Waals surface area contributed by atoms with E-state index in [-0.39, 0.29) is 0 Å². The average Bonchev–Trinajstić information content (AvgIpc) is 2.26. The number of nitrogens with one attached hydrogen (secondary N) is 1. The Balaban J connectivity index is 2.46. The van der Waals surface area contributed by atoms with Gasteiger partial charge in [-0.3, -0.25) is 0 Å². The number of nitrogens with zero attached hydrogens (tertiary/aromatic N) is 1. The summed E-state index contributed by atoms with van der Waals surface area (Å²) in [6.07, 6.45) is 0.917. The van der Waals surface area contributed by atoms with Crippen LogP contribution in [-0.4, -0.2) is 18.1 Å². The molecule has 1 heterocycles. The number of benzene rings is 1. The van der Waals surface area contributed by atoms with E-state index >= 15 is 0 Å². The standard InChI is InChI=1S/C11H14N2S/c1-8-7-11(14)13(2)10-6-4-3-5-9(10)12-8/h3-6,8,12H,7H2,1-2H3/t8-/m0/s1. The average molecular weight is 206 g/mol. The van der Waals surface area contributed by atoms with Gasteiger partial charge >= 0.3 is 0 Å².